The van der Waals surface area contributed by atoms with E-state index in [1.807, 2.05) is 13.0 Å². The van der Waals surface area contributed by atoms with E-state index in [9.17, 15) is 0 Å². The highest BCUT2D eigenvalue weighted by Gasteiger charge is 2.05. The van der Waals surface area contributed by atoms with E-state index in [0.717, 1.165) is 17.9 Å². The third kappa shape index (κ3) is 4.53. The lowest BCUT2D eigenvalue weighted by Crippen LogP contribution is -2.12. The molecule has 2 N–H and O–H groups in total. The van der Waals surface area contributed by atoms with Crippen LogP contribution in [0.25, 0.3) is 0 Å². The highest BCUT2D eigenvalue weighted by Crippen LogP contribution is 2.14. The van der Waals surface area contributed by atoms with E-state index in [4.69, 9.17) is 15.4 Å². The summed E-state index contributed by atoms with van der Waals surface area (Å²) in [6.45, 7) is 3.74. The van der Waals surface area contributed by atoms with Gasteiger partial charge in [-0.1, -0.05) is 6.92 Å². The molecule has 0 fully saturated rings. The molecule has 0 unspecified atom stereocenters. The van der Waals surface area contributed by atoms with E-state index in [1.165, 1.54) is 0 Å². The van der Waals surface area contributed by atoms with Crippen molar-refractivity contribution in [1.82, 2.24) is 0 Å². The number of rotatable bonds is 5. The maximum atomic E-state index is 8.99. The molecule has 6 heteroatoms. The minimum atomic E-state index is -0.145. The van der Waals surface area contributed by atoms with E-state index in [2.05, 4.69) is 15.5 Å². The SMILES string of the molecule is CCC(C)=NC(=N)C(C#N)=NNc1ccc(OC)cc1. The fraction of sp³-hybridized carbons (Fsp3) is 0.286. The van der Waals surface area contributed by atoms with Crippen LogP contribution < -0.4 is 10.2 Å². The van der Waals surface area contributed by atoms with E-state index < -0.39 is 0 Å². The highest BCUT2D eigenvalue weighted by atomic mass is 16.5. The number of aliphatic imine (C=N–C) groups is 1. The second kappa shape index (κ2) is 7.69. The van der Waals surface area contributed by atoms with Gasteiger partial charge in [0, 0.05) is 5.71 Å². The monoisotopic (exact) mass is 271 g/mol. The van der Waals surface area contributed by atoms with Gasteiger partial charge in [-0.15, -0.1) is 0 Å². The van der Waals surface area contributed by atoms with Gasteiger partial charge in [-0.3, -0.25) is 10.8 Å². The van der Waals surface area contributed by atoms with Gasteiger partial charge in [0.15, 0.2) is 5.84 Å². The van der Waals surface area contributed by atoms with E-state index in [0.29, 0.717) is 5.69 Å². The number of hydrogen-bond donors (Lipinski definition) is 2. The van der Waals surface area contributed by atoms with Crippen molar-refractivity contribution in [3.05, 3.63) is 24.3 Å². The van der Waals surface area contributed by atoms with Crippen LogP contribution in [0.4, 0.5) is 5.69 Å². The van der Waals surface area contributed by atoms with Crippen molar-refractivity contribution in [2.75, 3.05) is 12.5 Å². The Kier molecular flexibility index (Phi) is 5.91. The zero-order valence-corrected chi connectivity index (χ0v) is 11.8. The second-order valence-corrected chi connectivity index (χ2v) is 3.96. The lowest BCUT2D eigenvalue weighted by atomic mass is 10.3. The zero-order chi connectivity index (χ0) is 15.0. The maximum absolute atomic E-state index is 8.99. The van der Waals surface area contributed by atoms with Crippen molar-refractivity contribution in [2.24, 2.45) is 10.1 Å². The van der Waals surface area contributed by atoms with Crippen LogP contribution in [0.5, 0.6) is 5.75 Å². The van der Waals surface area contributed by atoms with E-state index in [1.54, 1.807) is 38.3 Å². The standard InChI is InChI=1S/C14H17N5O/c1-4-10(2)17-14(16)13(9-15)19-18-11-5-7-12(20-3)8-6-11/h5-8,16,18H,4H2,1-3H3. The molecule has 0 amide bonds. The lowest BCUT2D eigenvalue weighted by Gasteiger charge is -2.03. The molecule has 0 bridgehead atoms. The molecule has 0 aliphatic rings. The molecular weight excluding hydrogens is 254 g/mol. The Balaban J connectivity index is 2.80. The van der Waals surface area contributed by atoms with Crippen molar-refractivity contribution in [1.29, 1.82) is 10.7 Å². The molecule has 20 heavy (non-hydrogen) atoms. The number of anilines is 1. The molecule has 1 rings (SSSR count). The van der Waals surface area contributed by atoms with Crippen LogP contribution in [-0.4, -0.2) is 24.4 Å². The average molecular weight is 271 g/mol. The van der Waals surface area contributed by atoms with Crippen LogP contribution in [-0.2, 0) is 0 Å². The molecule has 0 spiro atoms. The minimum absolute atomic E-state index is 0.0615. The molecule has 0 heterocycles. The van der Waals surface area contributed by atoms with Gasteiger partial charge < -0.3 is 4.74 Å². The number of nitrogens with zero attached hydrogens (tertiary/aromatic N) is 3. The van der Waals surface area contributed by atoms with Gasteiger partial charge >= 0.3 is 0 Å². The topological polar surface area (TPSA) is 93.6 Å². The first kappa shape index (κ1) is 15.4. The number of hydrogen-bond acceptors (Lipinski definition) is 5. The first-order valence-electron chi connectivity index (χ1n) is 6.11. The summed E-state index contributed by atoms with van der Waals surface area (Å²) in [5.41, 5.74) is 4.13. The Morgan fingerprint density at radius 2 is 2.05 bits per heavy atom. The molecule has 0 radical (unpaired) electrons. The van der Waals surface area contributed by atoms with Crippen molar-refractivity contribution in [3.63, 3.8) is 0 Å². The number of amidine groups is 1. The first-order valence-corrected chi connectivity index (χ1v) is 6.11. The number of ether oxygens (including phenoxy) is 1. The Bertz CT molecular complexity index is 566. The normalized spacial score (nSPS) is 11.7. The molecule has 0 saturated carbocycles. The van der Waals surface area contributed by atoms with E-state index >= 15 is 0 Å². The van der Waals surface area contributed by atoms with Gasteiger partial charge in [0.2, 0.25) is 5.71 Å². The molecule has 0 saturated heterocycles. The summed E-state index contributed by atoms with van der Waals surface area (Å²) in [7, 11) is 1.59. The lowest BCUT2D eigenvalue weighted by molar-refractivity contribution is 0.415. The smallest absolute Gasteiger partial charge is 0.204 e. The van der Waals surface area contributed by atoms with Gasteiger partial charge in [0.05, 0.1) is 12.8 Å². The largest absolute Gasteiger partial charge is 0.497 e. The zero-order valence-electron chi connectivity index (χ0n) is 11.8. The molecule has 0 aromatic heterocycles. The third-order valence-electron chi connectivity index (χ3n) is 2.53. The summed E-state index contributed by atoms with van der Waals surface area (Å²) in [5, 5.41) is 20.6. The number of benzene rings is 1. The summed E-state index contributed by atoms with van der Waals surface area (Å²) in [4.78, 5) is 3.99. The maximum Gasteiger partial charge on any atom is 0.204 e. The summed E-state index contributed by atoms with van der Waals surface area (Å²) >= 11 is 0. The third-order valence-corrected chi connectivity index (χ3v) is 2.53. The van der Waals surface area contributed by atoms with Crippen LogP contribution in [0.1, 0.15) is 20.3 Å². The summed E-state index contributed by atoms with van der Waals surface area (Å²) < 4.78 is 5.04. The Morgan fingerprint density at radius 3 is 2.55 bits per heavy atom. The molecule has 0 atom stereocenters. The number of methoxy groups -OCH3 is 1. The minimum Gasteiger partial charge on any atom is -0.497 e. The molecule has 1 aromatic carbocycles. The molecular formula is C14H17N5O. The van der Waals surface area contributed by atoms with Crippen molar-refractivity contribution >= 4 is 22.9 Å². The number of nitrogens with one attached hydrogen (secondary N) is 2. The molecule has 0 aliphatic carbocycles. The predicted molar refractivity (Wildman–Crippen MR) is 80.8 cm³/mol. The van der Waals surface area contributed by atoms with Gasteiger partial charge in [0.1, 0.15) is 11.8 Å². The summed E-state index contributed by atoms with van der Waals surface area (Å²) in [5.74, 6) is 0.587. The van der Waals surface area contributed by atoms with Crippen LogP contribution in [0.3, 0.4) is 0 Å². The summed E-state index contributed by atoms with van der Waals surface area (Å²) in [6, 6.07) is 8.93. The van der Waals surface area contributed by atoms with E-state index in [-0.39, 0.29) is 11.5 Å². The number of hydrazone groups is 1. The van der Waals surface area contributed by atoms with Crippen LogP contribution in [0.2, 0.25) is 0 Å². The Morgan fingerprint density at radius 1 is 1.40 bits per heavy atom. The second-order valence-electron chi connectivity index (χ2n) is 3.96. The van der Waals surface area contributed by atoms with Gasteiger partial charge in [0.25, 0.3) is 0 Å². The van der Waals surface area contributed by atoms with Crippen molar-refractivity contribution in [3.8, 4) is 11.8 Å². The summed E-state index contributed by atoms with van der Waals surface area (Å²) in [6.07, 6.45) is 0.729. The highest BCUT2D eigenvalue weighted by molar-refractivity contribution is 6.47. The van der Waals surface area contributed by atoms with Crippen molar-refractivity contribution in [2.45, 2.75) is 20.3 Å². The van der Waals surface area contributed by atoms with Gasteiger partial charge in [-0.25, -0.2) is 4.99 Å². The first-order chi connectivity index (χ1) is 9.60. The quantitative estimate of drug-likeness (QED) is 0.490. The molecule has 1 aromatic rings. The number of nitriles is 1. The fourth-order valence-electron chi connectivity index (χ4n) is 1.24. The Labute approximate surface area is 118 Å². The van der Waals surface area contributed by atoms with Crippen molar-refractivity contribution < 1.29 is 4.74 Å². The van der Waals surface area contributed by atoms with Crippen LogP contribution in [0.15, 0.2) is 34.4 Å². The van der Waals surface area contributed by atoms with Crippen LogP contribution >= 0.6 is 0 Å². The predicted octanol–water partition coefficient (Wildman–Crippen LogP) is 2.83. The molecule has 104 valence electrons. The Hall–Kier alpha value is -2.68. The van der Waals surface area contributed by atoms with Crippen LogP contribution in [0, 0.1) is 16.7 Å². The average Bonchev–Trinajstić information content (AvgIpc) is 2.48. The molecule has 0 aliphatic heterocycles. The van der Waals surface area contributed by atoms with Gasteiger partial charge in [-0.05, 0) is 37.6 Å². The molecule has 6 nitrogen and oxygen atoms in total. The van der Waals surface area contributed by atoms with Gasteiger partial charge in [-0.2, -0.15) is 10.4 Å². The fourth-order valence-corrected chi connectivity index (χ4v) is 1.24.